The Morgan fingerprint density at radius 2 is 2.10 bits per heavy atom. The van der Waals surface area contributed by atoms with Gasteiger partial charge in [0.25, 0.3) is 5.91 Å². The number of rotatable bonds is 6. The van der Waals surface area contributed by atoms with Gasteiger partial charge >= 0.3 is 0 Å². The summed E-state index contributed by atoms with van der Waals surface area (Å²) in [5, 5.41) is 14.8. The first-order valence-electron chi connectivity index (χ1n) is 6.19. The lowest BCUT2D eigenvalue weighted by molar-refractivity contribution is -0.110. The number of anilines is 1. The van der Waals surface area contributed by atoms with E-state index in [1.54, 1.807) is 24.3 Å². The molecule has 1 aromatic rings. The number of nitrogens with zero attached hydrogens (tertiary/aromatic N) is 2. The maximum Gasteiger partial charge on any atom is 0.277 e. The fourth-order valence-corrected chi connectivity index (χ4v) is 1.61. The van der Waals surface area contributed by atoms with E-state index < -0.39 is 5.91 Å². The lowest BCUT2D eigenvalue weighted by Crippen LogP contribution is -2.37. The van der Waals surface area contributed by atoms with E-state index in [9.17, 15) is 4.79 Å². The number of amidine groups is 1. The van der Waals surface area contributed by atoms with Crippen LogP contribution in [0.1, 0.15) is 0 Å². The molecule has 0 atom stereocenters. The van der Waals surface area contributed by atoms with Crippen molar-refractivity contribution >= 4 is 34.7 Å². The Balaban J connectivity index is 2.89. The molecule has 3 N–H and O–H groups in total. The lowest BCUT2D eigenvalue weighted by atomic mass is 10.2. The maximum absolute atomic E-state index is 12.2. The van der Waals surface area contributed by atoms with Gasteiger partial charge in [-0.3, -0.25) is 14.8 Å². The Bertz CT molecular complexity index is 553. The molecule has 0 unspecified atom stereocenters. The predicted molar refractivity (Wildman–Crippen MR) is 86.2 cm³/mol. The van der Waals surface area contributed by atoms with Gasteiger partial charge in [-0.2, -0.15) is 0 Å². The van der Waals surface area contributed by atoms with Gasteiger partial charge in [-0.05, 0) is 30.5 Å². The summed E-state index contributed by atoms with van der Waals surface area (Å²) in [4.78, 5) is 20.2. The van der Waals surface area contributed by atoms with E-state index in [4.69, 9.17) is 16.7 Å². The van der Waals surface area contributed by atoms with Gasteiger partial charge in [-0.15, -0.1) is 0 Å². The van der Waals surface area contributed by atoms with Gasteiger partial charge in [-0.1, -0.05) is 18.2 Å². The normalized spacial score (nSPS) is 12.0. The van der Waals surface area contributed by atoms with Crippen LogP contribution in [0.3, 0.4) is 0 Å². The topological polar surface area (TPSA) is 86.1 Å². The molecule has 21 heavy (non-hydrogen) atoms. The summed E-state index contributed by atoms with van der Waals surface area (Å²) in [5.41, 5.74) is 0.698. The number of aliphatic imine (C=N–C) groups is 2. The molecule has 112 valence electrons. The average molecular weight is 309 g/mol. The molecular weight excluding hydrogens is 292 g/mol. The summed E-state index contributed by atoms with van der Waals surface area (Å²) < 4.78 is 0. The van der Waals surface area contributed by atoms with E-state index in [1.165, 1.54) is 13.2 Å². The van der Waals surface area contributed by atoms with Crippen LogP contribution in [-0.4, -0.2) is 42.8 Å². The summed E-state index contributed by atoms with van der Waals surface area (Å²) in [6.45, 7) is 3.55. The third-order valence-corrected chi connectivity index (χ3v) is 2.63. The van der Waals surface area contributed by atoms with E-state index in [0.717, 1.165) is 0 Å². The van der Waals surface area contributed by atoms with Crippen LogP contribution < -0.4 is 10.6 Å². The van der Waals surface area contributed by atoms with Gasteiger partial charge in [0.15, 0.2) is 11.5 Å². The zero-order valence-electron chi connectivity index (χ0n) is 11.6. The first-order valence-corrected chi connectivity index (χ1v) is 6.57. The number of halogens is 1. The zero-order valence-corrected chi connectivity index (χ0v) is 12.4. The smallest absolute Gasteiger partial charge is 0.277 e. The molecule has 6 nitrogen and oxygen atoms in total. The summed E-state index contributed by atoms with van der Waals surface area (Å²) in [6.07, 6.45) is 1.39. The van der Waals surface area contributed by atoms with E-state index in [0.29, 0.717) is 10.7 Å². The monoisotopic (exact) mass is 308 g/mol. The minimum Gasteiger partial charge on any atom is -0.394 e. The van der Waals surface area contributed by atoms with Crippen LogP contribution in [0.25, 0.3) is 0 Å². The lowest BCUT2D eigenvalue weighted by Gasteiger charge is -2.10. The first kappa shape index (κ1) is 16.9. The van der Waals surface area contributed by atoms with Gasteiger partial charge in [0.2, 0.25) is 0 Å². The molecule has 0 spiro atoms. The zero-order chi connectivity index (χ0) is 15.7. The first-order chi connectivity index (χ1) is 10.1. The SMILES string of the molecule is C=CNC(=NCCO)C(=NC)C(=O)Nc1ccc(Cl)cc1. The number of aliphatic hydroxyl groups excluding tert-OH is 1. The summed E-state index contributed by atoms with van der Waals surface area (Å²) >= 11 is 5.79. The van der Waals surface area contributed by atoms with Crippen LogP contribution in [0, 0.1) is 0 Å². The van der Waals surface area contributed by atoms with Crippen LogP contribution >= 0.6 is 11.6 Å². The minimum absolute atomic E-state index is 0.110. The minimum atomic E-state index is -0.425. The second kappa shape index (κ2) is 8.89. The molecule has 7 heteroatoms. The number of amides is 1. The van der Waals surface area contributed by atoms with Crippen LogP contribution in [0.2, 0.25) is 5.02 Å². The molecule has 0 saturated heterocycles. The van der Waals surface area contributed by atoms with Gasteiger partial charge in [0, 0.05) is 17.8 Å². The second-order valence-electron chi connectivity index (χ2n) is 3.84. The largest absolute Gasteiger partial charge is 0.394 e. The van der Waals surface area contributed by atoms with Crippen molar-refractivity contribution in [2.75, 3.05) is 25.5 Å². The number of hydrogen-bond donors (Lipinski definition) is 3. The maximum atomic E-state index is 12.2. The van der Waals surface area contributed by atoms with Gasteiger partial charge in [-0.25, -0.2) is 0 Å². The molecule has 0 fully saturated rings. The molecule has 1 rings (SSSR count). The third-order valence-electron chi connectivity index (χ3n) is 2.37. The fourth-order valence-electron chi connectivity index (χ4n) is 1.49. The summed E-state index contributed by atoms with van der Waals surface area (Å²) in [6, 6.07) is 6.70. The quantitative estimate of drug-likeness (QED) is 0.549. The van der Waals surface area contributed by atoms with Crippen molar-refractivity contribution in [1.82, 2.24) is 5.32 Å². The van der Waals surface area contributed by atoms with Crippen molar-refractivity contribution in [2.45, 2.75) is 0 Å². The Kier molecular flexibility index (Phi) is 7.14. The van der Waals surface area contributed by atoms with Crippen molar-refractivity contribution in [3.8, 4) is 0 Å². The summed E-state index contributed by atoms with van der Waals surface area (Å²) in [5.74, 6) is -0.182. The highest BCUT2D eigenvalue weighted by Gasteiger charge is 2.17. The van der Waals surface area contributed by atoms with Crippen LogP contribution in [0.4, 0.5) is 5.69 Å². The molecule has 0 aliphatic heterocycles. The van der Waals surface area contributed by atoms with E-state index in [1.807, 2.05) is 0 Å². The number of carbonyl (C=O) groups is 1. The summed E-state index contributed by atoms with van der Waals surface area (Å²) in [7, 11) is 1.48. The molecule has 0 aliphatic rings. The third kappa shape index (κ3) is 5.37. The molecule has 0 radical (unpaired) electrons. The molecule has 0 aliphatic carbocycles. The highest BCUT2D eigenvalue weighted by molar-refractivity contribution is 6.68. The van der Waals surface area contributed by atoms with Crippen molar-refractivity contribution < 1.29 is 9.90 Å². The van der Waals surface area contributed by atoms with Crippen LogP contribution in [-0.2, 0) is 4.79 Å². The molecule has 1 amide bonds. The number of hydrogen-bond acceptors (Lipinski definition) is 4. The van der Waals surface area contributed by atoms with E-state index >= 15 is 0 Å². The van der Waals surface area contributed by atoms with E-state index in [-0.39, 0.29) is 24.7 Å². The van der Waals surface area contributed by atoms with Crippen molar-refractivity contribution in [3.05, 3.63) is 42.1 Å². The Hall–Kier alpha value is -2.18. The fraction of sp³-hybridized carbons (Fsp3) is 0.214. The standard InChI is InChI=1S/C14H17ClN4O2/c1-3-17-13(18-8-9-20)12(16-2)14(21)19-11-6-4-10(15)5-7-11/h3-7,20H,1,8-9H2,2H3,(H,17,18)(H,19,21). The molecule has 1 aromatic carbocycles. The average Bonchev–Trinajstić information content (AvgIpc) is 2.48. The Morgan fingerprint density at radius 3 is 2.62 bits per heavy atom. The van der Waals surface area contributed by atoms with Crippen molar-refractivity contribution in [2.24, 2.45) is 9.98 Å². The molecule has 0 bridgehead atoms. The predicted octanol–water partition coefficient (Wildman–Crippen LogP) is 1.47. The molecule has 0 saturated carbocycles. The number of aliphatic hydroxyl groups is 1. The van der Waals surface area contributed by atoms with Crippen LogP contribution in [0.15, 0.2) is 47.0 Å². The second-order valence-corrected chi connectivity index (χ2v) is 4.27. The van der Waals surface area contributed by atoms with E-state index in [2.05, 4.69) is 27.2 Å². The van der Waals surface area contributed by atoms with Crippen LogP contribution in [0.5, 0.6) is 0 Å². The number of nitrogens with one attached hydrogen (secondary N) is 2. The Labute approximate surface area is 128 Å². The number of carbonyl (C=O) groups excluding carboxylic acids is 1. The van der Waals surface area contributed by atoms with Gasteiger partial charge < -0.3 is 15.7 Å². The van der Waals surface area contributed by atoms with Gasteiger partial charge in [0.05, 0.1) is 13.2 Å². The Morgan fingerprint density at radius 1 is 1.43 bits per heavy atom. The highest BCUT2D eigenvalue weighted by atomic mass is 35.5. The number of benzene rings is 1. The highest BCUT2D eigenvalue weighted by Crippen LogP contribution is 2.13. The van der Waals surface area contributed by atoms with Gasteiger partial charge in [0.1, 0.15) is 0 Å². The molecule has 0 heterocycles. The molecular formula is C14H17ClN4O2. The van der Waals surface area contributed by atoms with Crippen molar-refractivity contribution in [1.29, 1.82) is 0 Å². The van der Waals surface area contributed by atoms with Crippen molar-refractivity contribution in [3.63, 3.8) is 0 Å². The molecule has 0 aromatic heterocycles.